The second-order valence-corrected chi connectivity index (χ2v) is 6.15. The Hall–Kier alpha value is -2.18. The molecule has 1 fully saturated rings. The maximum Gasteiger partial charge on any atom is 0.307 e. The first kappa shape index (κ1) is 18.2. The summed E-state index contributed by atoms with van der Waals surface area (Å²) in [5.41, 5.74) is 7.91. The zero-order valence-electron chi connectivity index (χ0n) is 14.7. The second-order valence-electron chi connectivity index (χ2n) is 6.15. The number of hydrogen-bond acceptors (Lipinski definition) is 6. The molecule has 1 aromatic rings. The summed E-state index contributed by atoms with van der Waals surface area (Å²) in [7, 11) is 0. The van der Waals surface area contributed by atoms with Gasteiger partial charge in [-0.05, 0) is 40.0 Å². The molecule has 0 unspecified atom stereocenters. The molecule has 1 aliphatic rings. The number of rotatable bonds is 5. The molecule has 2 rings (SSSR count). The Morgan fingerprint density at radius 1 is 1.25 bits per heavy atom. The van der Waals surface area contributed by atoms with E-state index in [-0.39, 0.29) is 36.7 Å². The predicted octanol–water partition coefficient (Wildman–Crippen LogP) is 1.55. The van der Waals surface area contributed by atoms with Crippen LogP contribution in [0.1, 0.15) is 49.6 Å². The first-order valence-electron chi connectivity index (χ1n) is 8.47. The Kier molecular flexibility index (Phi) is 6.11. The zero-order valence-corrected chi connectivity index (χ0v) is 14.7. The molecular formula is C17H26N4O3. The van der Waals surface area contributed by atoms with Crippen molar-refractivity contribution in [2.45, 2.75) is 58.9 Å². The molecule has 1 atom stereocenters. The molecule has 0 saturated carbocycles. The molecule has 132 valence electrons. The minimum Gasteiger partial charge on any atom is -0.466 e. The summed E-state index contributed by atoms with van der Waals surface area (Å²) in [6.45, 7) is 6.49. The number of nitrogen functional groups attached to an aromatic ring is 1. The molecule has 1 aromatic heterocycles. The SMILES string of the molecule is CCOC(=O)C[C@@H]1CCCCN1C(=O)Cc1c(C)nc(N)nc1C. The van der Waals surface area contributed by atoms with Gasteiger partial charge in [-0.15, -0.1) is 0 Å². The number of esters is 1. The number of nitrogens with two attached hydrogens (primary N) is 1. The van der Waals surface area contributed by atoms with E-state index < -0.39 is 0 Å². The molecule has 0 aromatic carbocycles. The third-order valence-corrected chi connectivity index (χ3v) is 4.42. The number of aryl methyl sites for hydroxylation is 2. The Bertz CT molecular complexity index is 595. The van der Waals surface area contributed by atoms with E-state index in [0.717, 1.165) is 36.2 Å². The quantitative estimate of drug-likeness (QED) is 0.820. The number of amides is 1. The Labute approximate surface area is 142 Å². The van der Waals surface area contributed by atoms with Crippen LogP contribution in [-0.2, 0) is 20.7 Å². The number of carbonyl (C=O) groups excluding carboxylic acids is 2. The van der Waals surface area contributed by atoms with Gasteiger partial charge in [0, 0.05) is 29.5 Å². The molecule has 1 amide bonds. The maximum absolute atomic E-state index is 12.8. The molecule has 1 saturated heterocycles. The van der Waals surface area contributed by atoms with Gasteiger partial charge in [0.15, 0.2) is 0 Å². The Morgan fingerprint density at radius 2 is 1.92 bits per heavy atom. The summed E-state index contributed by atoms with van der Waals surface area (Å²) in [6, 6.07) is -0.0828. The molecule has 2 heterocycles. The monoisotopic (exact) mass is 334 g/mol. The maximum atomic E-state index is 12.8. The molecule has 7 heteroatoms. The highest BCUT2D eigenvalue weighted by Crippen LogP contribution is 2.22. The van der Waals surface area contributed by atoms with E-state index in [1.807, 2.05) is 18.7 Å². The minimum absolute atomic E-state index is 0.00331. The topological polar surface area (TPSA) is 98.4 Å². The van der Waals surface area contributed by atoms with Gasteiger partial charge in [-0.25, -0.2) is 9.97 Å². The van der Waals surface area contributed by atoms with Gasteiger partial charge < -0.3 is 15.4 Å². The van der Waals surface area contributed by atoms with Crippen molar-refractivity contribution in [1.82, 2.24) is 14.9 Å². The minimum atomic E-state index is -0.245. The van der Waals surface area contributed by atoms with Crippen LogP contribution in [-0.4, -0.2) is 45.9 Å². The van der Waals surface area contributed by atoms with Crippen molar-refractivity contribution >= 4 is 17.8 Å². The van der Waals surface area contributed by atoms with Crippen LogP contribution < -0.4 is 5.73 Å². The average Bonchev–Trinajstić information content (AvgIpc) is 2.51. The lowest BCUT2D eigenvalue weighted by molar-refractivity contribution is -0.146. The number of likely N-dealkylation sites (tertiary alicyclic amines) is 1. The van der Waals surface area contributed by atoms with Gasteiger partial charge in [0.1, 0.15) is 0 Å². The zero-order chi connectivity index (χ0) is 17.7. The van der Waals surface area contributed by atoms with Crippen molar-refractivity contribution in [3.8, 4) is 0 Å². The molecular weight excluding hydrogens is 308 g/mol. The van der Waals surface area contributed by atoms with Crippen LogP contribution in [0.4, 0.5) is 5.95 Å². The number of piperidine rings is 1. The van der Waals surface area contributed by atoms with E-state index in [9.17, 15) is 9.59 Å². The van der Waals surface area contributed by atoms with Crippen molar-refractivity contribution in [2.24, 2.45) is 0 Å². The number of anilines is 1. The van der Waals surface area contributed by atoms with Crippen LogP contribution in [0.15, 0.2) is 0 Å². The summed E-state index contributed by atoms with van der Waals surface area (Å²) < 4.78 is 5.03. The highest BCUT2D eigenvalue weighted by Gasteiger charge is 2.29. The Balaban J connectivity index is 2.10. The van der Waals surface area contributed by atoms with Gasteiger partial charge in [0.05, 0.1) is 19.4 Å². The lowest BCUT2D eigenvalue weighted by Crippen LogP contribution is -2.45. The summed E-state index contributed by atoms with van der Waals surface area (Å²) in [4.78, 5) is 34.7. The molecule has 0 radical (unpaired) electrons. The summed E-state index contributed by atoms with van der Waals surface area (Å²) in [5, 5.41) is 0. The van der Waals surface area contributed by atoms with Gasteiger partial charge >= 0.3 is 5.97 Å². The van der Waals surface area contributed by atoms with Gasteiger partial charge in [-0.1, -0.05) is 0 Å². The molecule has 0 spiro atoms. The Morgan fingerprint density at radius 3 is 2.54 bits per heavy atom. The van der Waals surface area contributed by atoms with Gasteiger partial charge in [0.2, 0.25) is 11.9 Å². The van der Waals surface area contributed by atoms with Gasteiger partial charge in [0.25, 0.3) is 0 Å². The third-order valence-electron chi connectivity index (χ3n) is 4.42. The fraction of sp³-hybridized carbons (Fsp3) is 0.647. The van der Waals surface area contributed by atoms with E-state index in [2.05, 4.69) is 9.97 Å². The van der Waals surface area contributed by atoms with Crippen molar-refractivity contribution in [3.63, 3.8) is 0 Å². The first-order valence-corrected chi connectivity index (χ1v) is 8.47. The third kappa shape index (κ3) is 4.43. The number of aromatic nitrogens is 2. The first-order chi connectivity index (χ1) is 11.4. The van der Waals surface area contributed by atoms with E-state index in [4.69, 9.17) is 10.5 Å². The second kappa shape index (κ2) is 8.08. The van der Waals surface area contributed by atoms with E-state index in [1.165, 1.54) is 0 Å². The highest BCUT2D eigenvalue weighted by molar-refractivity contribution is 5.80. The number of ether oxygens (including phenoxy) is 1. The van der Waals surface area contributed by atoms with Crippen LogP contribution in [0.2, 0.25) is 0 Å². The highest BCUT2D eigenvalue weighted by atomic mass is 16.5. The van der Waals surface area contributed by atoms with Crippen LogP contribution in [0.5, 0.6) is 0 Å². The number of hydrogen-bond donors (Lipinski definition) is 1. The molecule has 0 aliphatic carbocycles. The van der Waals surface area contributed by atoms with Crippen molar-refractivity contribution < 1.29 is 14.3 Å². The smallest absolute Gasteiger partial charge is 0.307 e. The standard InChI is InChI=1S/C17H26N4O3/c1-4-24-16(23)9-13-7-5-6-8-21(13)15(22)10-14-11(2)19-17(18)20-12(14)3/h13H,4-10H2,1-3H3,(H2,18,19,20)/t13-/m0/s1. The molecule has 7 nitrogen and oxygen atoms in total. The normalized spacial score (nSPS) is 17.6. The van der Waals surface area contributed by atoms with Crippen LogP contribution >= 0.6 is 0 Å². The molecule has 24 heavy (non-hydrogen) atoms. The lowest BCUT2D eigenvalue weighted by atomic mass is 9.98. The van der Waals surface area contributed by atoms with E-state index in [0.29, 0.717) is 13.2 Å². The van der Waals surface area contributed by atoms with E-state index in [1.54, 1.807) is 6.92 Å². The van der Waals surface area contributed by atoms with Crippen LogP contribution in [0.25, 0.3) is 0 Å². The molecule has 2 N–H and O–H groups in total. The largest absolute Gasteiger partial charge is 0.466 e. The van der Waals surface area contributed by atoms with Crippen LogP contribution in [0, 0.1) is 13.8 Å². The number of carbonyl (C=O) groups is 2. The van der Waals surface area contributed by atoms with Gasteiger partial charge in [-0.3, -0.25) is 9.59 Å². The summed E-state index contributed by atoms with van der Waals surface area (Å²) in [5.74, 6) is -0.0201. The summed E-state index contributed by atoms with van der Waals surface area (Å²) >= 11 is 0. The fourth-order valence-electron chi connectivity index (χ4n) is 3.23. The van der Waals surface area contributed by atoms with Crippen LogP contribution in [0.3, 0.4) is 0 Å². The van der Waals surface area contributed by atoms with E-state index >= 15 is 0 Å². The average molecular weight is 334 g/mol. The molecule has 1 aliphatic heterocycles. The summed E-state index contributed by atoms with van der Waals surface area (Å²) in [6.07, 6.45) is 3.31. The molecule has 0 bridgehead atoms. The van der Waals surface area contributed by atoms with Gasteiger partial charge in [-0.2, -0.15) is 0 Å². The fourth-order valence-corrected chi connectivity index (χ4v) is 3.23. The number of nitrogens with zero attached hydrogens (tertiary/aromatic N) is 3. The van der Waals surface area contributed by atoms with Crippen molar-refractivity contribution in [3.05, 3.63) is 17.0 Å². The lowest BCUT2D eigenvalue weighted by Gasteiger charge is -2.35. The predicted molar refractivity (Wildman–Crippen MR) is 90.2 cm³/mol. The van der Waals surface area contributed by atoms with Crippen molar-refractivity contribution in [1.29, 1.82) is 0 Å². The van der Waals surface area contributed by atoms with Crippen molar-refractivity contribution in [2.75, 3.05) is 18.9 Å².